The lowest BCUT2D eigenvalue weighted by Gasteiger charge is -2.34. The Morgan fingerprint density at radius 3 is 2.38 bits per heavy atom. The van der Waals surface area contributed by atoms with Gasteiger partial charge in [0.25, 0.3) is 5.91 Å². The summed E-state index contributed by atoms with van der Waals surface area (Å²) in [6, 6.07) is 1.84. The van der Waals surface area contributed by atoms with Crippen molar-refractivity contribution in [2.75, 3.05) is 27.3 Å². The molecule has 3 aliphatic heterocycles. The molecule has 1 saturated heterocycles. The summed E-state index contributed by atoms with van der Waals surface area (Å²) >= 11 is 0. The highest BCUT2D eigenvalue weighted by Gasteiger charge is 2.62. The summed E-state index contributed by atoms with van der Waals surface area (Å²) in [5.74, 6) is -0.783. The third-order valence-corrected chi connectivity index (χ3v) is 12.6. The standard InChI is InChI=1S/C37H53N5O9S/c1-36(2,3)51-35(46)38-28-12-10-8-6-7-9-11-25-20-37(25,34(45)40-52(47,48)27-13-14-27)39-32(43)29-19-26(22-42(29)33(28)44)41-16-15-23-17-30(49-4)31(50-5)18-24(23)21-41/h9,11,17-18,25-29H,6-8,10,12-16,19-22H2,1-5H3,(H,38,46)(H,39,43)(H,40,45)/b11-9+/t25?,26-,28?,29?,37?/m1/s1. The smallest absolute Gasteiger partial charge is 0.408 e. The first-order valence-corrected chi connectivity index (χ1v) is 20.0. The number of ether oxygens (including phenoxy) is 3. The maximum atomic E-state index is 14.5. The van der Waals surface area contributed by atoms with Gasteiger partial charge in [0.15, 0.2) is 11.5 Å². The second kappa shape index (κ2) is 14.9. The van der Waals surface area contributed by atoms with Gasteiger partial charge in [-0.15, -0.1) is 0 Å². The molecule has 3 fully saturated rings. The van der Waals surface area contributed by atoms with E-state index in [2.05, 4.69) is 20.3 Å². The van der Waals surface area contributed by atoms with Crippen LogP contribution in [-0.2, 0) is 42.1 Å². The van der Waals surface area contributed by atoms with Crippen molar-refractivity contribution in [3.8, 4) is 11.5 Å². The lowest BCUT2D eigenvalue weighted by molar-refractivity contribution is -0.141. The third-order valence-electron chi connectivity index (χ3n) is 10.8. The van der Waals surface area contributed by atoms with Gasteiger partial charge in [-0.1, -0.05) is 25.0 Å². The summed E-state index contributed by atoms with van der Waals surface area (Å²) in [5.41, 5.74) is -0.0238. The van der Waals surface area contributed by atoms with Crippen LogP contribution >= 0.6 is 0 Å². The van der Waals surface area contributed by atoms with Crippen LogP contribution in [0.2, 0.25) is 0 Å². The highest BCUT2D eigenvalue weighted by atomic mass is 32.2. The van der Waals surface area contributed by atoms with Gasteiger partial charge in [-0.2, -0.15) is 0 Å². The monoisotopic (exact) mass is 743 g/mol. The topological polar surface area (TPSA) is 173 Å². The van der Waals surface area contributed by atoms with Gasteiger partial charge in [-0.05, 0) is 95.4 Å². The van der Waals surface area contributed by atoms with Gasteiger partial charge in [0, 0.05) is 31.6 Å². The molecule has 286 valence electrons. The van der Waals surface area contributed by atoms with Crippen LogP contribution in [0.5, 0.6) is 11.5 Å². The molecule has 1 aromatic rings. The Balaban J connectivity index is 1.29. The number of sulfonamides is 1. The summed E-state index contributed by atoms with van der Waals surface area (Å²) in [6.45, 7) is 6.72. The molecule has 2 aliphatic carbocycles. The van der Waals surface area contributed by atoms with Gasteiger partial charge >= 0.3 is 6.09 Å². The molecule has 4 amide bonds. The van der Waals surface area contributed by atoms with E-state index in [0.29, 0.717) is 56.7 Å². The van der Waals surface area contributed by atoms with Gasteiger partial charge in [-0.25, -0.2) is 13.2 Å². The molecule has 2 saturated carbocycles. The predicted octanol–water partition coefficient (Wildman–Crippen LogP) is 2.93. The molecule has 1 aromatic carbocycles. The second-order valence-corrected chi connectivity index (χ2v) is 17.8. The van der Waals surface area contributed by atoms with Crippen LogP contribution in [0.15, 0.2) is 24.3 Å². The summed E-state index contributed by atoms with van der Waals surface area (Å²) in [5, 5.41) is 5.13. The third kappa shape index (κ3) is 8.35. The van der Waals surface area contributed by atoms with E-state index in [1.54, 1.807) is 35.0 Å². The molecule has 4 unspecified atom stereocenters. The Morgan fingerprint density at radius 2 is 1.71 bits per heavy atom. The fraction of sp³-hybridized carbons (Fsp3) is 0.676. The minimum atomic E-state index is -3.86. The fourth-order valence-electron chi connectivity index (χ4n) is 7.71. The number of fused-ring (bicyclic) bond motifs is 3. The zero-order valence-electron chi connectivity index (χ0n) is 30.9. The summed E-state index contributed by atoms with van der Waals surface area (Å²) in [7, 11) is -0.667. The van der Waals surface area contributed by atoms with Gasteiger partial charge in [0.2, 0.25) is 21.8 Å². The van der Waals surface area contributed by atoms with Crippen molar-refractivity contribution in [3.63, 3.8) is 0 Å². The lowest BCUT2D eigenvalue weighted by Crippen LogP contribution is -2.58. The number of carbonyl (C=O) groups is 4. The number of hydrogen-bond acceptors (Lipinski definition) is 10. The molecule has 0 bridgehead atoms. The van der Waals surface area contributed by atoms with Crippen LogP contribution < -0.4 is 24.8 Å². The van der Waals surface area contributed by atoms with E-state index in [4.69, 9.17) is 14.2 Å². The molecule has 0 aromatic heterocycles. The highest BCUT2D eigenvalue weighted by Crippen LogP contribution is 2.46. The van der Waals surface area contributed by atoms with E-state index in [9.17, 15) is 27.6 Å². The molecule has 3 N–H and O–H groups in total. The number of allylic oxidation sites excluding steroid dienone is 1. The van der Waals surface area contributed by atoms with Crippen molar-refractivity contribution in [3.05, 3.63) is 35.4 Å². The zero-order valence-corrected chi connectivity index (χ0v) is 31.7. The average Bonchev–Trinajstić information content (AvgIpc) is 4.01. The average molecular weight is 744 g/mol. The maximum absolute atomic E-state index is 14.5. The molecular formula is C37H53N5O9S. The van der Waals surface area contributed by atoms with Crippen LogP contribution in [0, 0.1) is 5.92 Å². The van der Waals surface area contributed by atoms with Crippen molar-refractivity contribution in [2.24, 2.45) is 5.92 Å². The molecule has 6 rings (SSSR count). The Labute approximate surface area is 306 Å². The van der Waals surface area contributed by atoms with E-state index in [-0.39, 0.29) is 31.3 Å². The lowest BCUT2D eigenvalue weighted by atomic mass is 9.97. The minimum Gasteiger partial charge on any atom is -0.493 e. The quantitative estimate of drug-likeness (QED) is 0.353. The first-order chi connectivity index (χ1) is 24.6. The Bertz CT molecular complexity index is 1700. The number of carbonyl (C=O) groups excluding carboxylic acids is 4. The number of rotatable bonds is 7. The second-order valence-electron chi connectivity index (χ2n) is 15.8. The van der Waals surface area contributed by atoms with E-state index >= 15 is 0 Å². The summed E-state index contributed by atoms with van der Waals surface area (Å²) < 4.78 is 44.5. The van der Waals surface area contributed by atoms with Crippen molar-refractivity contribution >= 4 is 33.8 Å². The Kier molecular flexibility index (Phi) is 10.8. The molecule has 5 atom stereocenters. The van der Waals surface area contributed by atoms with Crippen LogP contribution in [-0.4, -0.2) is 104 Å². The molecule has 3 heterocycles. The number of nitrogens with one attached hydrogen (secondary N) is 3. The van der Waals surface area contributed by atoms with Crippen LogP contribution in [0.4, 0.5) is 4.79 Å². The molecule has 52 heavy (non-hydrogen) atoms. The van der Waals surface area contributed by atoms with Gasteiger partial charge in [0.1, 0.15) is 23.2 Å². The first-order valence-electron chi connectivity index (χ1n) is 18.5. The Morgan fingerprint density at radius 1 is 1.00 bits per heavy atom. The summed E-state index contributed by atoms with van der Waals surface area (Å²) in [4.78, 5) is 59.4. The van der Waals surface area contributed by atoms with Crippen molar-refractivity contribution in [1.29, 1.82) is 0 Å². The normalized spacial score (nSPS) is 29.2. The Hall–Kier alpha value is -3.85. The number of methoxy groups -OCH3 is 2. The van der Waals surface area contributed by atoms with Gasteiger partial charge in [0.05, 0.1) is 19.5 Å². The summed E-state index contributed by atoms with van der Waals surface area (Å²) in [6.07, 6.45) is 8.77. The van der Waals surface area contributed by atoms with Crippen LogP contribution in [0.3, 0.4) is 0 Å². The minimum absolute atomic E-state index is 0.211. The number of amides is 4. The predicted molar refractivity (Wildman–Crippen MR) is 192 cm³/mol. The SMILES string of the molecule is COc1cc2c(cc1OC)CN([C@@H]1CC3C(=O)NC4(C(=O)NS(=O)(=O)C5CC5)CC4/C=C/CCCCCC(NC(=O)OC(C)(C)C)C(=O)N3C1)CC2. The van der Waals surface area contributed by atoms with Crippen molar-refractivity contribution in [2.45, 2.75) is 126 Å². The molecule has 5 aliphatic rings. The highest BCUT2D eigenvalue weighted by molar-refractivity contribution is 7.91. The van der Waals surface area contributed by atoms with Crippen LogP contribution in [0.1, 0.15) is 89.7 Å². The number of alkyl carbamates (subject to hydrolysis) is 1. The molecule has 14 nitrogen and oxygen atoms in total. The van der Waals surface area contributed by atoms with Crippen molar-refractivity contribution < 1.29 is 41.8 Å². The number of hydrogen-bond donors (Lipinski definition) is 3. The van der Waals surface area contributed by atoms with E-state index in [1.807, 2.05) is 24.3 Å². The molecular weight excluding hydrogens is 691 g/mol. The largest absolute Gasteiger partial charge is 0.493 e. The molecule has 15 heteroatoms. The van der Waals surface area contributed by atoms with E-state index < -0.39 is 62.3 Å². The van der Waals surface area contributed by atoms with Crippen molar-refractivity contribution in [1.82, 2.24) is 25.2 Å². The maximum Gasteiger partial charge on any atom is 0.408 e. The molecule has 0 spiro atoms. The van der Waals surface area contributed by atoms with Crippen LogP contribution in [0.25, 0.3) is 0 Å². The zero-order chi connectivity index (χ0) is 37.4. The number of benzene rings is 1. The first kappa shape index (κ1) is 37.9. The number of nitrogens with zero attached hydrogens (tertiary/aromatic N) is 2. The molecule has 0 radical (unpaired) electrons. The van der Waals surface area contributed by atoms with E-state index in [0.717, 1.165) is 30.4 Å². The van der Waals surface area contributed by atoms with Gasteiger partial charge < -0.3 is 29.7 Å². The fourth-order valence-corrected chi connectivity index (χ4v) is 9.07. The van der Waals surface area contributed by atoms with E-state index in [1.165, 1.54) is 4.90 Å². The van der Waals surface area contributed by atoms with Gasteiger partial charge in [-0.3, -0.25) is 24.0 Å².